The molecule has 0 aliphatic carbocycles. The molecule has 0 spiro atoms. The molecular weight excluding hydrogens is 342 g/mol. The second-order valence-corrected chi connectivity index (χ2v) is 5.88. The number of halogens is 1. The molecule has 122 valence electrons. The SMILES string of the molecule is COc1cc(NC(=O)c2scc3c2OCCO3)c(OC)cc1Cl. The molecule has 0 saturated heterocycles. The van der Waals surface area contributed by atoms with Crippen LogP contribution in [0.5, 0.6) is 23.0 Å². The summed E-state index contributed by atoms with van der Waals surface area (Å²) in [6.07, 6.45) is 0. The van der Waals surface area contributed by atoms with Gasteiger partial charge in [0.2, 0.25) is 0 Å². The van der Waals surface area contributed by atoms with E-state index in [0.29, 0.717) is 51.8 Å². The largest absolute Gasteiger partial charge is 0.495 e. The van der Waals surface area contributed by atoms with Crippen molar-refractivity contribution in [1.82, 2.24) is 0 Å². The van der Waals surface area contributed by atoms with Gasteiger partial charge in [0.25, 0.3) is 5.91 Å². The van der Waals surface area contributed by atoms with E-state index in [1.807, 2.05) is 0 Å². The van der Waals surface area contributed by atoms with E-state index in [0.717, 1.165) is 0 Å². The molecule has 2 aromatic rings. The molecule has 1 aliphatic heterocycles. The van der Waals surface area contributed by atoms with Crippen LogP contribution in [0.15, 0.2) is 17.5 Å². The van der Waals surface area contributed by atoms with Crippen molar-refractivity contribution >= 4 is 34.5 Å². The van der Waals surface area contributed by atoms with E-state index in [-0.39, 0.29) is 5.91 Å². The third kappa shape index (κ3) is 3.02. The summed E-state index contributed by atoms with van der Waals surface area (Å²) in [6.45, 7) is 0.898. The lowest BCUT2D eigenvalue weighted by Crippen LogP contribution is -2.18. The summed E-state index contributed by atoms with van der Waals surface area (Å²) in [5, 5.41) is 4.94. The first kappa shape index (κ1) is 15.8. The lowest BCUT2D eigenvalue weighted by Gasteiger charge is -2.16. The summed E-state index contributed by atoms with van der Waals surface area (Å²) in [5.41, 5.74) is 0.456. The molecule has 0 saturated carbocycles. The van der Waals surface area contributed by atoms with E-state index < -0.39 is 0 Å². The van der Waals surface area contributed by atoms with Crippen molar-refractivity contribution in [3.63, 3.8) is 0 Å². The van der Waals surface area contributed by atoms with E-state index in [9.17, 15) is 4.79 Å². The fraction of sp³-hybridized carbons (Fsp3) is 0.267. The minimum absolute atomic E-state index is 0.315. The van der Waals surface area contributed by atoms with Gasteiger partial charge in [-0.15, -0.1) is 11.3 Å². The third-order valence-corrected chi connectivity index (χ3v) is 4.46. The molecule has 1 aromatic heterocycles. The second kappa shape index (κ2) is 6.55. The Balaban J connectivity index is 1.89. The predicted octanol–water partition coefficient (Wildman–Crippen LogP) is 3.44. The summed E-state index contributed by atoms with van der Waals surface area (Å²) in [5.74, 6) is 1.62. The van der Waals surface area contributed by atoms with Crippen molar-refractivity contribution in [3.8, 4) is 23.0 Å². The molecule has 23 heavy (non-hydrogen) atoms. The van der Waals surface area contributed by atoms with Crippen LogP contribution in [-0.2, 0) is 0 Å². The van der Waals surface area contributed by atoms with Crippen LogP contribution in [-0.4, -0.2) is 33.3 Å². The van der Waals surface area contributed by atoms with Crippen LogP contribution in [0.1, 0.15) is 9.67 Å². The standard InChI is InChI=1S/C15H14ClNO5S/c1-19-10-6-9(11(20-2)5-8(10)16)17-15(18)14-13-12(7-23-14)21-3-4-22-13/h5-7H,3-4H2,1-2H3,(H,17,18). The Labute approximate surface area is 141 Å². The molecule has 1 aliphatic rings. The van der Waals surface area contributed by atoms with Gasteiger partial charge in [0.05, 0.1) is 24.9 Å². The summed E-state index contributed by atoms with van der Waals surface area (Å²) in [4.78, 5) is 13.0. The molecule has 0 bridgehead atoms. The maximum absolute atomic E-state index is 12.5. The number of carbonyl (C=O) groups excluding carboxylic acids is 1. The highest BCUT2D eigenvalue weighted by Gasteiger charge is 2.24. The monoisotopic (exact) mass is 355 g/mol. The van der Waals surface area contributed by atoms with Crippen LogP contribution < -0.4 is 24.3 Å². The number of benzene rings is 1. The average Bonchev–Trinajstić information content (AvgIpc) is 3.00. The summed E-state index contributed by atoms with van der Waals surface area (Å²) in [7, 11) is 3.00. The summed E-state index contributed by atoms with van der Waals surface area (Å²) in [6, 6.07) is 3.19. The van der Waals surface area contributed by atoms with Gasteiger partial charge in [-0.2, -0.15) is 0 Å². The van der Waals surface area contributed by atoms with Gasteiger partial charge >= 0.3 is 0 Å². The van der Waals surface area contributed by atoms with Gasteiger partial charge in [0, 0.05) is 17.5 Å². The molecule has 8 heteroatoms. The van der Waals surface area contributed by atoms with Crippen LogP contribution in [0.2, 0.25) is 5.02 Å². The quantitative estimate of drug-likeness (QED) is 0.910. The molecule has 3 rings (SSSR count). The van der Waals surface area contributed by atoms with Crippen LogP contribution in [0, 0.1) is 0 Å². The van der Waals surface area contributed by atoms with Gasteiger partial charge < -0.3 is 24.3 Å². The number of nitrogens with one attached hydrogen (secondary N) is 1. The molecule has 0 unspecified atom stereocenters. The Hall–Kier alpha value is -2.12. The molecular formula is C15H14ClNO5S. The van der Waals surface area contributed by atoms with Crippen molar-refractivity contribution in [2.75, 3.05) is 32.8 Å². The first-order valence-electron chi connectivity index (χ1n) is 6.74. The normalized spacial score (nSPS) is 12.7. The van der Waals surface area contributed by atoms with Crippen LogP contribution in [0.3, 0.4) is 0 Å². The van der Waals surface area contributed by atoms with Crippen LogP contribution >= 0.6 is 22.9 Å². The van der Waals surface area contributed by atoms with Crippen molar-refractivity contribution in [2.45, 2.75) is 0 Å². The number of methoxy groups -OCH3 is 2. The molecule has 1 N–H and O–H groups in total. The number of hydrogen-bond donors (Lipinski definition) is 1. The smallest absolute Gasteiger partial charge is 0.269 e. The third-order valence-electron chi connectivity index (χ3n) is 3.23. The number of amides is 1. The minimum Gasteiger partial charge on any atom is -0.495 e. The van der Waals surface area contributed by atoms with E-state index >= 15 is 0 Å². The topological polar surface area (TPSA) is 66.0 Å². The number of carbonyl (C=O) groups is 1. The maximum atomic E-state index is 12.5. The van der Waals surface area contributed by atoms with E-state index in [2.05, 4.69) is 5.32 Å². The zero-order valence-electron chi connectivity index (χ0n) is 12.5. The Kier molecular flexibility index (Phi) is 4.49. The number of anilines is 1. The zero-order chi connectivity index (χ0) is 16.4. The minimum atomic E-state index is -0.315. The molecule has 1 amide bonds. The molecule has 0 atom stereocenters. The van der Waals surface area contributed by atoms with Crippen molar-refractivity contribution < 1.29 is 23.7 Å². The number of fused-ring (bicyclic) bond motifs is 1. The average molecular weight is 356 g/mol. The highest BCUT2D eigenvalue weighted by molar-refractivity contribution is 7.13. The van der Waals surface area contributed by atoms with E-state index in [4.69, 9.17) is 30.5 Å². The number of ether oxygens (including phenoxy) is 4. The number of thiophene rings is 1. The molecule has 1 aromatic carbocycles. The van der Waals surface area contributed by atoms with Gasteiger partial charge in [-0.1, -0.05) is 11.6 Å². The van der Waals surface area contributed by atoms with Gasteiger partial charge in [0.15, 0.2) is 11.5 Å². The fourth-order valence-corrected chi connectivity index (χ4v) is 3.21. The lowest BCUT2D eigenvalue weighted by molar-refractivity contribution is 0.102. The van der Waals surface area contributed by atoms with E-state index in [1.165, 1.54) is 25.6 Å². The van der Waals surface area contributed by atoms with Gasteiger partial charge in [-0.05, 0) is 0 Å². The lowest BCUT2D eigenvalue weighted by atomic mass is 10.2. The predicted molar refractivity (Wildman–Crippen MR) is 87.8 cm³/mol. The van der Waals surface area contributed by atoms with Crippen molar-refractivity contribution in [2.24, 2.45) is 0 Å². The Morgan fingerprint density at radius 1 is 1.22 bits per heavy atom. The Bertz CT molecular complexity index is 746. The molecule has 0 radical (unpaired) electrons. The first-order chi connectivity index (χ1) is 11.1. The molecule has 0 fully saturated rings. The molecule has 2 heterocycles. The van der Waals surface area contributed by atoms with Gasteiger partial charge in [-0.3, -0.25) is 4.79 Å². The Morgan fingerprint density at radius 3 is 2.70 bits per heavy atom. The summed E-state index contributed by atoms with van der Waals surface area (Å²) < 4.78 is 21.4. The number of hydrogen-bond acceptors (Lipinski definition) is 6. The van der Waals surface area contributed by atoms with E-state index in [1.54, 1.807) is 17.5 Å². The van der Waals surface area contributed by atoms with Gasteiger partial charge in [0.1, 0.15) is 29.6 Å². The highest BCUT2D eigenvalue weighted by Crippen LogP contribution is 2.41. The van der Waals surface area contributed by atoms with Gasteiger partial charge in [-0.25, -0.2) is 0 Å². The first-order valence-corrected chi connectivity index (χ1v) is 7.99. The highest BCUT2D eigenvalue weighted by atomic mass is 35.5. The van der Waals surface area contributed by atoms with Crippen LogP contribution in [0.4, 0.5) is 5.69 Å². The second-order valence-electron chi connectivity index (χ2n) is 4.60. The maximum Gasteiger partial charge on any atom is 0.269 e. The Morgan fingerprint density at radius 2 is 1.96 bits per heavy atom. The zero-order valence-corrected chi connectivity index (χ0v) is 14.0. The van der Waals surface area contributed by atoms with Crippen molar-refractivity contribution in [3.05, 3.63) is 27.4 Å². The number of rotatable bonds is 4. The molecule has 6 nitrogen and oxygen atoms in total. The van der Waals surface area contributed by atoms with Crippen molar-refractivity contribution in [1.29, 1.82) is 0 Å². The van der Waals surface area contributed by atoms with Crippen LogP contribution in [0.25, 0.3) is 0 Å². The fourth-order valence-electron chi connectivity index (χ4n) is 2.16. The summed E-state index contributed by atoms with van der Waals surface area (Å²) >= 11 is 7.32.